The molecule has 1 aliphatic rings. The molecule has 0 bridgehead atoms. The van der Waals surface area contributed by atoms with Crippen molar-refractivity contribution in [1.82, 2.24) is 0 Å². The van der Waals surface area contributed by atoms with E-state index >= 15 is 0 Å². The third-order valence-corrected chi connectivity index (χ3v) is 4.12. The summed E-state index contributed by atoms with van der Waals surface area (Å²) in [7, 11) is 5.35. The molecule has 4 heteroatoms. The molecule has 1 saturated carbocycles. The molecule has 19 heavy (non-hydrogen) atoms. The van der Waals surface area contributed by atoms with Gasteiger partial charge in [0.25, 0.3) is 0 Å². The van der Waals surface area contributed by atoms with E-state index in [1.165, 1.54) is 12.8 Å². The van der Waals surface area contributed by atoms with Gasteiger partial charge in [-0.15, -0.1) is 0 Å². The van der Waals surface area contributed by atoms with Gasteiger partial charge in [-0.05, 0) is 43.9 Å². The predicted octanol–water partition coefficient (Wildman–Crippen LogP) is 1.75. The molecule has 2 radical (unpaired) electrons. The topological polar surface area (TPSA) is 60.7 Å². The minimum Gasteiger partial charge on any atom is -0.403 e. The maximum absolute atomic E-state index is 10.0. The van der Waals surface area contributed by atoms with Gasteiger partial charge in [0.15, 0.2) is 0 Å². The smallest absolute Gasteiger partial charge is 0.108 e. The second-order valence-corrected chi connectivity index (χ2v) is 5.69. The van der Waals surface area contributed by atoms with E-state index in [2.05, 4.69) is 19.1 Å². The fourth-order valence-electron chi connectivity index (χ4n) is 2.96. The Morgan fingerprint density at radius 3 is 2.53 bits per heavy atom. The lowest BCUT2D eigenvalue weighted by Crippen LogP contribution is -2.23. The van der Waals surface area contributed by atoms with E-state index in [4.69, 9.17) is 13.0 Å². The Balaban J connectivity index is 2.44. The van der Waals surface area contributed by atoms with Gasteiger partial charge in [-0.2, -0.15) is 0 Å². The summed E-state index contributed by atoms with van der Waals surface area (Å²) in [6, 6.07) is -0.828. The minimum atomic E-state index is -0.828. The molecule has 5 atom stereocenters. The van der Waals surface area contributed by atoms with Crippen LogP contribution in [0.15, 0.2) is 12.2 Å². The summed E-state index contributed by atoms with van der Waals surface area (Å²) < 4.78 is 0. The van der Waals surface area contributed by atoms with E-state index in [0.717, 1.165) is 12.8 Å². The average Bonchev–Trinajstić information content (AvgIpc) is 2.61. The van der Waals surface area contributed by atoms with Crippen LogP contribution >= 0.6 is 0 Å². The minimum absolute atomic E-state index is 0.0454. The summed E-state index contributed by atoms with van der Waals surface area (Å²) in [5, 5.41) is 29.1. The van der Waals surface area contributed by atoms with Crippen LogP contribution in [0.3, 0.4) is 0 Å². The van der Waals surface area contributed by atoms with Crippen molar-refractivity contribution in [1.29, 1.82) is 0 Å². The highest BCUT2D eigenvalue weighted by Gasteiger charge is 2.40. The zero-order valence-corrected chi connectivity index (χ0v) is 11.9. The SMILES string of the molecule is [B]C(O)CC[C@H]1[C@H](O)CC(O)[C@@H]1C/C=C\CCCC. The number of aliphatic hydroxyl groups excluding tert-OH is 3. The van der Waals surface area contributed by atoms with E-state index < -0.39 is 18.2 Å². The molecule has 0 saturated heterocycles. The summed E-state index contributed by atoms with van der Waals surface area (Å²) >= 11 is 0. The molecule has 0 heterocycles. The van der Waals surface area contributed by atoms with Crippen molar-refractivity contribution in [3.8, 4) is 0 Å². The summed E-state index contributed by atoms with van der Waals surface area (Å²) in [5.74, 6) is 0.135. The predicted molar refractivity (Wildman–Crippen MR) is 77.9 cm³/mol. The van der Waals surface area contributed by atoms with Crippen molar-refractivity contribution >= 4 is 7.85 Å². The summed E-state index contributed by atoms with van der Waals surface area (Å²) in [5.41, 5.74) is 0. The molecule has 108 valence electrons. The van der Waals surface area contributed by atoms with Crippen LogP contribution in [0.25, 0.3) is 0 Å². The molecule has 0 aromatic heterocycles. The summed E-state index contributed by atoms with van der Waals surface area (Å²) in [6.45, 7) is 2.17. The number of hydrogen-bond acceptors (Lipinski definition) is 3. The van der Waals surface area contributed by atoms with Crippen LogP contribution in [0, 0.1) is 11.8 Å². The maximum atomic E-state index is 10.0. The van der Waals surface area contributed by atoms with E-state index in [1.807, 2.05) is 0 Å². The van der Waals surface area contributed by atoms with Crippen LogP contribution in [0.2, 0.25) is 0 Å². The van der Waals surface area contributed by atoms with Crippen LogP contribution in [0.1, 0.15) is 51.9 Å². The average molecular weight is 266 g/mol. The first-order valence-electron chi connectivity index (χ1n) is 7.51. The van der Waals surface area contributed by atoms with E-state index in [-0.39, 0.29) is 11.8 Å². The molecule has 0 amide bonds. The normalized spacial score (nSPS) is 33.1. The number of allylic oxidation sites excluding steroid dienone is 2. The zero-order chi connectivity index (χ0) is 14.3. The number of aliphatic hydroxyl groups is 3. The molecule has 3 nitrogen and oxygen atoms in total. The first-order valence-corrected chi connectivity index (χ1v) is 7.51. The third kappa shape index (κ3) is 5.68. The first kappa shape index (κ1) is 16.7. The van der Waals surface area contributed by atoms with E-state index in [0.29, 0.717) is 19.3 Å². The van der Waals surface area contributed by atoms with Crippen LogP contribution in [-0.4, -0.2) is 41.4 Å². The number of rotatable bonds is 8. The fourth-order valence-corrected chi connectivity index (χ4v) is 2.96. The van der Waals surface area contributed by atoms with E-state index in [1.54, 1.807) is 0 Å². The van der Waals surface area contributed by atoms with Crippen molar-refractivity contribution in [2.75, 3.05) is 0 Å². The molecule has 3 N–H and O–H groups in total. The van der Waals surface area contributed by atoms with Gasteiger partial charge in [0.05, 0.1) is 12.2 Å². The van der Waals surface area contributed by atoms with Crippen LogP contribution in [0.5, 0.6) is 0 Å². The Bertz CT molecular complexity index is 268. The molecule has 1 fully saturated rings. The monoisotopic (exact) mass is 266 g/mol. The van der Waals surface area contributed by atoms with Crippen molar-refractivity contribution in [3.63, 3.8) is 0 Å². The Labute approximate surface area is 118 Å². The number of unbranched alkanes of at least 4 members (excludes halogenated alkanes) is 2. The molecule has 0 aromatic rings. The van der Waals surface area contributed by atoms with Gasteiger partial charge >= 0.3 is 0 Å². The van der Waals surface area contributed by atoms with Crippen molar-refractivity contribution < 1.29 is 15.3 Å². The lowest BCUT2D eigenvalue weighted by atomic mass is 9.83. The van der Waals surface area contributed by atoms with Crippen LogP contribution in [0.4, 0.5) is 0 Å². The van der Waals surface area contributed by atoms with Gasteiger partial charge in [0.2, 0.25) is 0 Å². The summed E-state index contributed by atoms with van der Waals surface area (Å²) in [6.07, 6.45) is 9.21. The second kappa shape index (κ2) is 8.78. The molecule has 0 spiro atoms. The van der Waals surface area contributed by atoms with Crippen molar-refractivity contribution in [3.05, 3.63) is 12.2 Å². The van der Waals surface area contributed by atoms with Gasteiger partial charge in [0, 0.05) is 6.00 Å². The van der Waals surface area contributed by atoms with Gasteiger partial charge in [0.1, 0.15) is 7.85 Å². The fraction of sp³-hybridized carbons (Fsp3) is 0.867. The highest BCUT2D eigenvalue weighted by atomic mass is 16.3. The molecule has 2 unspecified atom stereocenters. The lowest BCUT2D eigenvalue weighted by Gasteiger charge is -2.23. The first-order chi connectivity index (χ1) is 9.06. The molecule has 0 aliphatic heterocycles. The lowest BCUT2D eigenvalue weighted by molar-refractivity contribution is 0.100. The zero-order valence-electron chi connectivity index (χ0n) is 11.9. The standard InChI is InChI=1S/C15H27BO3/c1-2-3-4-5-6-7-11-12(8-9-15(16)19)14(18)10-13(11)17/h5-6,11-15,17-19H,2-4,7-10H2,1H3/b6-5-/t11-,12-,13?,14-,15?/m1/s1. The largest absolute Gasteiger partial charge is 0.403 e. The van der Waals surface area contributed by atoms with Gasteiger partial charge in [-0.1, -0.05) is 31.9 Å². The Kier molecular flexibility index (Phi) is 7.73. The third-order valence-electron chi connectivity index (χ3n) is 4.12. The highest BCUT2D eigenvalue weighted by Crippen LogP contribution is 2.38. The van der Waals surface area contributed by atoms with E-state index in [9.17, 15) is 10.2 Å². The van der Waals surface area contributed by atoms with Crippen molar-refractivity contribution in [2.45, 2.75) is 70.1 Å². The molecule has 1 aliphatic carbocycles. The highest BCUT2D eigenvalue weighted by molar-refractivity contribution is 6.10. The van der Waals surface area contributed by atoms with Gasteiger partial charge < -0.3 is 15.3 Å². The van der Waals surface area contributed by atoms with Crippen molar-refractivity contribution in [2.24, 2.45) is 11.8 Å². The molecular formula is C15H27BO3. The Morgan fingerprint density at radius 1 is 1.21 bits per heavy atom. The Morgan fingerprint density at radius 2 is 1.89 bits per heavy atom. The molecule has 1 rings (SSSR count). The quantitative estimate of drug-likeness (QED) is 0.356. The maximum Gasteiger partial charge on any atom is 0.108 e. The van der Waals surface area contributed by atoms with Gasteiger partial charge in [-0.25, -0.2) is 0 Å². The Hall–Kier alpha value is -0.315. The van der Waals surface area contributed by atoms with Crippen LogP contribution < -0.4 is 0 Å². The molecule has 0 aromatic carbocycles. The summed E-state index contributed by atoms with van der Waals surface area (Å²) in [4.78, 5) is 0. The second-order valence-electron chi connectivity index (χ2n) is 5.69. The number of hydrogen-bond donors (Lipinski definition) is 3. The molecular weight excluding hydrogens is 239 g/mol. The van der Waals surface area contributed by atoms with Gasteiger partial charge in [-0.3, -0.25) is 0 Å². The van der Waals surface area contributed by atoms with Crippen LogP contribution in [-0.2, 0) is 0 Å².